The zero-order valence-corrected chi connectivity index (χ0v) is 14.6. The van der Waals surface area contributed by atoms with Gasteiger partial charge in [0.15, 0.2) is 5.82 Å². The SMILES string of the molecule is Cc1csc2nc(-c3ccccn3)nc(-c3ccn(C(C)C)n3)c12. The highest BCUT2D eigenvalue weighted by molar-refractivity contribution is 7.17. The average molecular weight is 335 g/mol. The Morgan fingerprint density at radius 3 is 2.67 bits per heavy atom. The van der Waals surface area contributed by atoms with Crippen LogP contribution < -0.4 is 0 Å². The lowest BCUT2D eigenvalue weighted by molar-refractivity contribution is 0.534. The van der Waals surface area contributed by atoms with Gasteiger partial charge >= 0.3 is 0 Å². The molecule has 6 heteroatoms. The summed E-state index contributed by atoms with van der Waals surface area (Å²) >= 11 is 1.63. The summed E-state index contributed by atoms with van der Waals surface area (Å²) in [7, 11) is 0. The largest absolute Gasteiger partial charge is 0.270 e. The topological polar surface area (TPSA) is 56.5 Å². The maximum absolute atomic E-state index is 4.80. The summed E-state index contributed by atoms with van der Waals surface area (Å²) < 4.78 is 1.95. The van der Waals surface area contributed by atoms with E-state index in [1.54, 1.807) is 17.5 Å². The van der Waals surface area contributed by atoms with Gasteiger partial charge < -0.3 is 0 Å². The molecular formula is C18H17N5S. The fourth-order valence-electron chi connectivity index (χ4n) is 2.63. The third-order valence-electron chi connectivity index (χ3n) is 3.89. The number of aromatic nitrogens is 5. The van der Waals surface area contributed by atoms with E-state index in [2.05, 4.69) is 31.1 Å². The summed E-state index contributed by atoms with van der Waals surface area (Å²) in [5.41, 5.74) is 3.69. The standard InChI is InChI=1S/C18H17N5S/c1-11(2)23-9-7-13(22-23)16-15-12(3)10-24-18(15)21-17(20-16)14-6-4-5-8-19-14/h4-11H,1-3H3. The van der Waals surface area contributed by atoms with Crippen LogP contribution in [0.1, 0.15) is 25.5 Å². The molecule has 4 aromatic rings. The molecule has 0 aliphatic carbocycles. The van der Waals surface area contributed by atoms with Gasteiger partial charge in [0.1, 0.15) is 21.9 Å². The lowest BCUT2D eigenvalue weighted by Gasteiger charge is -2.06. The minimum Gasteiger partial charge on any atom is -0.270 e. The monoisotopic (exact) mass is 335 g/mol. The first-order valence-corrected chi connectivity index (χ1v) is 8.74. The van der Waals surface area contributed by atoms with E-state index < -0.39 is 0 Å². The van der Waals surface area contributed by atoms with Crippen molar-refractivity contribution >= 4 is 21.6 Å². The summed E-state index contributed by atoms with van der Waals surface area (Å²) in [6, 6.07) is 8.10. The molecule has 0 unspecified atom stereocenters. The molecule has 120 valence electrons. The van der Waals surface area contributed by atoms with Gasteiger partial charge in [-0.05, 0) is 49.9 Å². The molecule has 0 aliphatic heterocycles. The van der Waals surface area contributed by atoms with Crippen LogP contribution >= 0.6 is 11.3 Å². The van der Waals surface area contributed by atoms with Crippen molar-refractivity contribution in [3.63, 3.8) is 0 Å². The van der Waals surface area contributed by atoms with Crippen molar-refractivity contribution in [2.24, 2.45) is 0 Å². The van der Waals surface area contributed by atoms with E-state index in [1.165, 1.54) is 5.56 Å². The molecule has 5 nitrogen and oxygen atoms in total. The summed E-state index contributed by atoms with van der Waals surface area (Å²) in [5.74, 6) is 0.638. The molecule has 0 fully saturated rings. The smallest absolute Gasteiger partial charge is 0.180 e. The second-order valence-electron chi connectivity index (χ2n) is 5.98. The number of aryl methyl sites for hydroxylation is 1. The molecule has 0 bridgehead atoms. The van der Waals surface area contributed by atoms with E-state index in [4.69, 9.17) is 15.1 Å². The lowest BCUT2D eigenvalue weighted by Crippen LogP contribution is -2.01. The second-order valence-corrected chi connectivity index (χ2v) is 6.84. The van der Waals surface area contributed by atoms with Crippen molar-refractivity contribution in [3.05, 3.63) is 47.6 Å². The maximum Gasteiger partial charge on any atom is 0.180 e. The van der Waals surface area contributed by atoms with Crippen LogP contribution in [-0.2, 0) is 0 Å². The van der Waals surface area contributed by atoms with Crippen molar-refractivity contribution in [1.29, 1.82) is 0 Å². The van der Waals surface area contributed by atoms with Crippen molar-refractivity contribution in [1.82, 2.24) is 24.7 Å². The normalized spacial score (nSPS) is 11.5. The molecule has 4 heterocycles. The van der Waals surface area contributed by atoms with Crippen molar-refractivity contribution in [2.45, 2.75) is 26.8 Å². The summed E-state index contributed by atoms with van der Waals surface area (Å²) in [4.78, 5) is 14.9. The highest BCUT2D eigenvalue weighted by atomic mass is 32.1. The molecule has 0 atom stereocenters. The molecule has 0 aliphatic rings. The summed E-state index contributed by atoms with van der Waals surface area (Å²) in [6.45, 7) is 6.31. The Morgan fingerprint density at radius 2 is 1.96 bits per heavy atom. The van der Waals surface area contributed by atoms with Crippen LogP contribution in [0, 0.1) is 6.92 Å². The zero-order valence-electron chi connectivity index (χ0n) is 13.8. The van der Waals surface area contributed by atoms with Crippen LogP contribution in [0.25, 0.3) is 33.1 Å². The number of fused-ring (bicyclic) bond motifs is 1. The highest BCUT2D eigenvalue weighted by Gasteiger charge is 2.17. The second kappa shape index (κ2) is 5.79. The molecule has 0 amide bonds. The molecule has 4 rings (SSSR count). The fraction of sp³-hybridized carbons (Fsp3) is 0.222. The van der Waals surface area contributed by atoms with Crippen LogP contribution in [0.15, 0.2) is 42.0 Å². The number of hydrogen-bond donors (Lipinski definition) is 0. The molecule has 0 spiro atoms. The van der Waals surface area contributed by atoms with Crippen LogP contribution in [0.5, 0.6) is 0 Å². The zero-order chi connectivity index (χ0) is 16.7. The van der Waals surface area contributed by atoms with Gasteiger partial charge in [-0.1, -0.05) is 6.07 Å². The van der Waals surface area contributed by atoms with E-state index in [-0.39, 0.29) is 0 Å². The third kappa shape index (κ3) is 2.49. The van der Waals surface area contributed by atoms with E-state index >= 15 is 0 Å². The Bertz CT molecular complexity index is 1000. The van der Waals surface area contributed by atoms with E-state index in [0.29, 0.717) is 11.9 Å². The van der Waals surface area contributed by atoms with Gasteiger partial charge in [-0.15, -0.1) is 11.3 Å². The Balaban J connectivity index is 1.96. The first kappa shape index (κ1) is 15.0. The van der Waals surface area contributed by atoms with Gasteiger partial charge in [0.2, 0.25) is 0 Å². The summed E-state index contributed by atoms with van der Waals surface area (Å²) in [5, 5.41) is 7.89. The Hall–Kier alpha value is -2.60. The number of nitrogens with zero attached hydrogens (tertiary/aromatic N) is 5. The Labute approximate surface area is 144 Å². The minimum absolute atomic E-state index is 0.315. The number of pyridine rings is 1. The van der Waals surface area contributed by atoms with Gasteiger partial charge in [-0.25, -0.2) is 9.97 Å². The summed E-state index contributed by atoms with van der Waals surface area (Å²) in [6.07, 6.45) is 3.76. The van der Waals surface area contributed by atoms with Crippen LogP contribution in [0.4, 0.5) is 0 Å². The van der Waals surface area contributed by atoms with E-state index in [1.807, 2.05) is 35.1 Å². The van der Waals surface area contributed by atoms with Gasteiger partial charge in [0.25, 0.3) is 0 Å². The molecule has 0 radical (unpaired) electrons. The predicted octanol–water partition coefficient (Wildman–Crippen LogP) is 4.51. The number of rotatable bonds is 3. The molecule has 0 N–H and O–H groups in total. The minimum atomic E-state index is 0.315. The molecular weight excluding hydrogens is 318 g/mol. The number of hydrogen-bond acceptors (Lipinski definition) is 5. The fourth-order valence-corrected chi connectivity index (χ4v) is 3.55. The van der Waals surface area contributed by atoms with E-state index in [9.17, 15) is 0 Å². The van der Waals surface area contributed by atoms with Crippen molar-refractivity contribution in [3.8, 4) is 22.9 Å². The first-order valence-electron chi connectivity index (χ1n) is 7.86. The van der Waals surface area contributed by atoms with Crippen molar-refractivity contribution in [2.75, 3.05) is 0 Å². The Kier molecular flexibility index (Phi) is 3.61. The molecule has 0 saturated carbocycles. The quantitative estimate of drug-likeness (QED) is 0.553. The van der Waals surface area contributed by atoms with E-state index in [0.717, 1.165) is 27.3 Å². The highest BCUT2D eigenvalue weighted by Crippen LogP contribution is 2.33. The van der Waals surface area contributed by atoms with Gasteiger partial charge in [-0.3, -0.25) is 9.67 Å². The third-order valence-corrected chi connectivity index (χ3v) is 4.88. The molecule has 0 saturated heterocycles. The van der Waals surface area contributed by atoms with Crippen LogP contribution in [0.2, 0.25) is 0 Å². The molecule has 4 aromatic heterocycles. The van der Waals surface area contributed by atoms with Crippen LogP contribution in [0.3, 0.4) is 0 Å². The van der Waals surface area contributed by atoms with Gasteiger partial charge in [0.05, 0.1) is 0 Å². The predicted molar refractivity (Wildman–Crippen MR) is 97.0 cm³/mol. The average Bonchev–Trinajstić information content (AvgIpc) is 3.23. The molecule has 0 aromatic carbocycles. The number of thiophene rings is 1. The van der Waals surface area contributed by atoms with Crippen molar-refractivity contribution < 1.29 is 0 Å². The first-order chi connectivity index (χ1) is 11.6. The lowest BCUT2D eigenvalue weighted by atomic mass is 10.1. The van der Waals surface area contributed by atoms with Gasteiger partial charge in [0, 0.05) is 23.8 Å². The Morgan fingerprint density at radius 1 is 1.08 bits per heavy atom. The van der Waals surface area contributed by atoms with Gasteiger partial charge in [-0.2, -0.15) is 5.10 Å². The maximum atomic E-state index is 4.80. The molecule has 24 heavy (non-hydrogen) atoms. The van der Waals surface area contributed by atoms with Crippen LogP contribution in [-0.4, -0.2) is 24.7 Å².